The second-order valence-electron chi connectivity index (χ2n) is 1.34. The maximum Gasteiger partial charge on any atom is -0.0140 e. The third kappa shape index (κ3) is 89.3. The zero-order valence-corrected chi connectivity index (χ0v) is 7.69. The van der Waals surface area contributed by atoms with Crippen molar-refractivity contribution < 1.29 is 0 Å². The molecule has 0 aliphatic rings. The van der Waals surface area contributed by atoms with E-state index in [1.165, 1.54) is 0 Å². The minimum atomic E-state index is 0. The van der Waals surface area contributed by atoms with Gasteiger partial charge in [0.1, 0.15) is 0 Å². The molecule has 1 nitrogen and oxygen atoms in total. The van der Waals surface area contributed by atoms with E-state index in [4.69, 9.17) is 0 Å². The van der Waals surface area contributed by atoms with Crippen LogP contribution in [0, 0.1) is 0 Å². The molecule has 0 aromatic heterocycles. The van der Waals surface area contributed by atoms with Gasteiger partial charge in [0.05, 0.1) is 0 Å². The van der Waals surface area contributed by atoms with Crippen molar-refractivity contribution in [2.24, 2.45) is 0 Å². The Kier molecular flexibility index (Phi) is 24.5. The Balaban J connectivity index is -0.0000000450. The first-order chi connectivity index (χ1) is 1.73. The van der Waals surface area contributed by atoms with Crippen LogP contribution in [0.15, 0.2) is 0 Å². The van der Waals surface area contributed by atoms with Crippen molar-refractivity contribution in [2.75, 3.05) is 21.1 Å². The van der Waals surface area contributed by atoms with Gasteiger partial charge in [-0.2, -0.15) is 0 Å². The van der Waals surface area contributed by atoms with Crippen molar-refractivity contribution in [1.29, 1.82) is 0 Å². The first-order valence-electron chi connectivity index (χ1n) is 1.34. The van der Waals surface area contributed by atoms with Gasteiger partial charge in [-0.1, -0.05) is 0 Å². The Morgan fingerprint density at radius 1 is 0.833 bits per heavy atom. The predicted molar refractivity (Wildman–Crippen MR) is 40.3 cm³/mol. The Morgan fingerprint density at radius 3 is 0.833 bits per heavy atom. The topological polar surface area (TPSA) is 3.24 Å². The largest absolute Gasteiger partial charge is 0.312 e. The van der Waals surface area contributed by atoms with Crippen LogP contribution in [0.3, 0.4) is 0 Å². The fourth-order valence-electron chi connectivity index (χ4n) is 0. The van der Waals surface area contributed by atoms with E-state index < -0.39 is 0 Å². The highest BCUT2D eigenvalue weighted by Gasteiger charge is 1.58. The molecule has 0 saturated carbocycles. The number of rotatable bonds is 0. The van der Waals surface area contributed by atoms with Gasteiger partial charge in [-0.05, 0) is 21.1 Å². The van der Waals surface area contributed by atoms with Gasteiger partial charge in [0.2, 0.25) is 0 Å². The normalized spacial score (nSPS) is 6.00. The van der Waals surface area contributed by atoms with Crippen molar-refractivity contribution in [3.05, 3.63) is 0 Å². The first-order valence-corrected chi connectivity index (χ1v) is 1.34. The summed E-state index contributed by atoms with van der Waals surface area (Å²) in [4.78, 5) is 2.00. The Morgan fingerprint density at radius 2 is 0.833 bits per heavy atom. The van der Waals surface area contributed by atoms with E-state index in [-0.39, 0.29) is 34.0 Å². The summed E-state index contributed by atoms with van der Waals surface area (Å²) in [5, 5.41) is 0. The summed E-state index contributed by atoms with van der Waals surface area (Å²) in [5.41, 5.74) is 0. The van der Waals surface area contributed by atoms with E-state index >= 15 is 0 Å². The molecule has 0 spiro atoms. The van der Waals surface area contributed by atoms with Crippen LogP contribution in [-0.2, 0) is 0 Å². The molecular weight excluding hydrogens is 210 g/mol. The van der Waals surface area contributed by atoms with E-state index in [2.05, 4.69) is 0 Å². The van der Waals surface area contributed by atoms with Crippen LogP contribution >= 0.6 is 34.0 Å². The van der Waals surface area contributed by atoms with Crippen LogP contribution in [-0.4, -0.2) is 26.0 Å². The smallest absolute Gasteiger partial charge is 0.0140 e. The average Bonchev–Trinajstić information content (AvgIpc) is 0.811. The Bertz CT molecular complexity index is 13.5. The van der Waals surface area contributed by atoms with Crippen LogP contribution in [0.5, 0.6) is 0 Å². The zero-order chi connectivity index (χ0) is 3.58. The molecule has 0 saturated heterocycles. The van der Waals surface area contributed by atoms with E-state index in [0.29, 0.717) is 0 Å². The Hall–Kier alpha value is 0.920. The second kappa shape index (κ2) is 9.33. The lowest BCUT2D eigenvalue weighted by atomic mass is 11.0. The van der Waals surface area contributed by atoms with Crippen molar-refractivity contribution in [2.45, 2.75) is 0 Å². The molecule has 42 valence electrons. The van der Waals surface area contributed by atoms with Crippen molar-refractivity contribution in [1.82, 2.24) is 4.90 Å². The summed E-state index contributed by atoms with van der Waals surface area (Å²) < 4.78 is 0. The molecule has 6 heavy (non-hydrogen) atoms. The molecule has 0 amide bonds. The SMILES string of the molecule is Br.Br.CN(C)C. The molecule has 0 fully saturated rings. The summed E-state index contributed by atoms with van der Waals surface area (Å²) in [6.45, 7) is 0. The maximum absolute atomic E-state index is 2.00. The van der Waals surface area contributed by atoms with Crippen LogP contribution in [0.2, 0.25) is 0 Å². The van der Waals surface area contributed by atoms with Crippen molar-refractivity contribution in [3.8, 4) is 0 Å². The van der Waals surface area contributed by atoms with Crippen molar-refractivity contribution in [3.63, 3.8) is 0 Å². The summed E-state index contributed by atoms with van der Waals surface area (Å²) in [6, 6.07) is 0. The third-order valence-corrected chi connectivity index (χ3v) is 0. The molecule has 0 atom stereocenters. The quantitative estimate of drug-likeness (QED) is 0.596. The number of hydrogen-bond acceptors (Lipinski definition) is 1. The van der Waals surface area contributed by atoms with E-state index in [9.17, 15) is 0 Å². The van der Waals surface area contributed by atoms with Crippen molar-refractivity contribution >= 4 is 34.0 Å². The molecule has 0 aliphatic heterocycles. The average molecular weight is 221 g/mol. The van der Waals surface area contributed by atoms with Gasteiger partial charge >= 0.3 is 0 Å². The highest BCUT2D eigenvalue weighted by Crippen LogP contribution is 1.47. The number of hydrogen-bond donors (Lipinski definition) is 0. The predicted octanol–water partition coefficient (Wildman–Crippen LogP) is 1.33. The van der Waals surface area contributed by atoms with Gasteiger partial charge < -0.3 is 4.90 Å². The lowest BCUT2D eigenvalue weighted by molar-refractivity contribution is 0.505. The molecule has 0 heterocycles. The second-order valence-corrected chi connectivity index (χ2v) is 1.34. The standard InChI is InChI=1S/C3H9N.2BrH/c1-4(2)3;;/h1-3H3;2*1H. The van der Waals surface area contributed by atoms with E-state index in [1.807, 2.05) is 26.0 Å². The number of halogens is 2. The zero-order valence-electron chi connectivity index (χ0n) is 4.26. The van der Waals surface area contributed by atoms with E-state index in [0.717, 1.165) is 0 Å². The minimum absolute atomic E-state index is 0. The molecule has 3 heteroatoms. The molecule has 0 aromatic carbocycles. The van der Waals surface area contributed by atoms with Gasteiger partial charge in [0.15, 0.2) is 0 Å². The van der Waals surface area contributed by atoms with Crippen LogP contribution in [0.4, 0.5) is 0 Å². The summed E-state index contributed by atoms with van der Waals surface area (Å²) >= 11 is 0. The van der Waals surface area contributed by atoms with Crippen LogP contribution in [0.1, 0.15) is 0 Å². The maximum atomic E-state index is 2.00. The van der Waals surface area contributed by atoms with Gasteiger partial charge in [-0.25, -0.2) is 0 Å². The van der Waals surface area contributed by atoms with Crippen LogP contribution < -0.4 is 0 Å². The van der Waals surface area contributed by atoms with Gasteiger partial charge in [0, 0.05) is 0 Å². The first kappa shape index (κ1) is 15.8. The molecule has 0 aliphatic carbocycles. The summed E-state index contributed by atoms with van der Waals surface area (Å²) in [6.07, 6.45) is 0. The summed E-state index contributed by atoms with van der Waals surface area (Å²) in [5.74, 6) is 0. The number of nitrogens with zero attached hydrogens (tertiary/aromatic N) is 1. The lowest BCUT2D eigenvalue weighted by Crippen LogP contribution is -1.99. The molecule has 0 aromatic rings. The fraction of sp³-hybridized carbons (Fsp3) is 1.00. The summed E-state index contributed by atoms with van der Waals surface area (Å²) in [7, 11) is 6.00. The monoisotopic (exact) mass is 219 g/mol. The molecule has 0 N–H and O–H groups in total. The van der Waals surface area contributed by atoms with Crippen LogP contribution in [0.25, 0.3) is 0 Å². The fourth-order valence-corrected chi connectivity index (χ4v) is 0. The molecule has 0 radical (unpaired) electrons. The van der Waals surface area contributed by atoms with Gasteiger partial charge in [-0.15, -0.1) is 34.0 Å². The molecule has 0 bridgehead atoms. The molecular formula is C3H11Br2N. The molecule has 0 unspecified atom stereocenters. The highest BCUT2D eigenvalue weighted by molar-refractivity contribution is 8.93. The van der Waals surface area contributed by atoms with E-state index in [1.54, 1.807) is 0 Å². The van der Waals surface area contributed by atoms with Gasteiger partial charge in [0.25, 0.3) is 0 Å². The Labute approximate surface area is 60.3 Å². The van der Waals surface area contributed by atoms with Gasteiger partial charge in [-0.3, -0.25) is 0 Å². The molecule has 0 rings (SSSR count). The minimum Gasteiger partial charge on any atom is -0.312 e. The third-order valence-electron chi connectivity index (χ3n) is 0. The lowest BCUT2D eigenvalue weighted by Gasteiger charge is -1.90. The highest BCUT2D eigenvalue weighted by atomic mass is 79.9.